The fourth-order valence-corrected chi connectivity index (χ4v) is 5.39. The zero-order valence-corrected chi connectivity index (χ0v) is 14.2. The van der Waals surface area contributed by atoms with Crippen LogP contribution in [0.4, 0.5) is 4.39 Å². The first-order valence-electron chi connectivity index (χ1n) is 7.78. The molecular weight excluding hydrogens is 309 g/mol. The lowest BCUT2D eigenvalue weighted by molar-refractivity contribution is -0.137. The van der Waals surface area contributed by atoms with Crippen molar-refractivity contribution in [3.05, 3.63) is 0 Å². The van der Waals surface area contributed by atoms with E-state index in [9.17, 15) is 17.6 Å². The van der Waals surface area contributed by atoms with Crippen LogP contribution in [0.5, 0.6) is 0 Å². The second-order valence-electron chi connectivity index (χ2n) is 6.47. The summed E-state index contributed by atoms with van der Waals surface area (Å²) in [7, 11) is 0.544. The summed E-state index contributed by atoms with van der Waals surface area (Å²) in [6.45, 7) is 1.89. The van der Waals surface area contributed by atoms with Gasteiger partial charge in [-0.15, -0.1) is 0 Å². The van der Waals surface area contributed by atoms with Gasteiger partial charge in [-0.25, -0.2) is 8.42 Å². The van der Waals surface area contributed by atoms with Crippen LogP contribution in [0.3, 0.4) is 0 Å². The predicted octanol–water partition coefficient (Wildman–Crippen LogP) is -0.392. The Morgan fingerprint density at radius 1 is 1.18 bits per heavy atom. The third-order valence-corrected chi connectivity index (χ3v) is 6.09. The van der Waals surface area contributed by atoms with Crippen molar-refractivity contribution >= 4 is 15.7 Å². The van der Waals surface area contributed by atoms with E-state index < -0.39 is 9.84 Å². The van der Waals surface area contributed by atoms with Gasteiger partial charge in [-0.05, 0) is 33.5 Å². The molecule has 0 aromatic heterocycles. The number of halogens is 1. The van der Waals surface area contributed by atoms with E-state index in [1.165, 1.54) is 0 Å². The number of hydrogen-bond donors (Lipinski definition) is 0. The topological polar surface area (TPSA) is 60.9 Å². The summed E-state index contributed by atoms with van der Waals surface area (Å²) in [6, 6.07) is -0.388. The summed E-state index contributed by atoms with van der Waals surface area (Å²) < 4.78 is 36.3. The zero-order chi connectivity index (χ0) is 16.3. The number of unbranched alkanes of at least 4 members (excludes halogenated alkanes) is 1. The number of carbonyl (C=O) groups is 1. The minimum absolute atomic E-state index is 0.0134. The standard InChI is InChI=1S/C14H26FN3O3S/c1-16(2)9-14(19)18-8-7-17(6-4-3-5-15)12-10-22(20,21)11-13(12)18/h12-13H,3-11H2,1-2H3/t12-,13+/m1/s1. The third-order valence-electron chi connectivity index (χ3n) is 4.39. The van der Waals surface area contributed by atoms with Gasteiger partial charge >= 0.3 is 0 Å². The monoisotopic (exact) mass is 335 g/mol. The molecule has 128 valence electrons. The number of fused-ring (bicyclic) bond motifs is 1. The molecule has 0 radical (unpaired) electrons. The number of amides is 1. The van der Waals surface area contributed by atoms with Gasteiger partial charge in [0.1, 0.15) is 0 Å². The first-order valence-corrected chi connectivity index (χ1v) is 9.61. The molecule has 0 bridgehead atoms. The van der Waals surface area contributed by atoms with Crippen molar-refractivity contribution < 1.29 is 17.6 Å². The Hall–Kier alpha value is -0.730. The summed E-state index contributed by atoms with van der Waals surface area (Å²) in [5.74, 6) is 0.149. The maximum atomic E-state index is 12.4. The smallest absolute Gasteiger partial charge is 0.237 e. The number of hydrogen-bond acceptors (Lipinski definition) is 5. The third kappa shape index (κ3) is 4.17. The van der Waals surface area contributed by atoms with E-state index in [-0.39, 0.29) is 36.2 Å². The van der Waals surface area contributed by atoms with Crippen molar-refractivity contribution in [3.8, 4) is 0 Å². The van der Waals surface area contributed by atoms with E-state index in [2.05, 4.69) is 4.90 Å². The van der Waals surface area contributed by atoms with Crippen molar-refractivity contribution in [3.63, 3.8) is 0 Å². The van der Waals surface area contributed by atoms with E-state index >= 15 is 0 Å². The summed E-state index contributed by atoms with van der Waals surface area (Å²) >= 11 is 0. The molecule has 2 rings (SSSR count). The van der Waals surface area contributed by atoms with Crippen LogP contribution in [0.1, 0.15) is 12.8 Å². The highest BCUT2D eigenvalue weighted by Gasteiger charge is 2.47. The number of nitrogens with zero attached hydrogens (tertiary/aromatic N) is 3. The highest BCUT2D eigenvalue weighted by atomic mass is 32.2. The molecule has 0 saturated carbocycles. The largest absolute Gasteiger partial charge is 0.335 e. The highest BCUT2D eigenvalue weighted by molar-refractivity contribution is 7.91. The average molecular weight is 335 g/mol. The lowest BCUT2D eigenvalue weighted by atomic mass is 10.0. The van der Waals surface area contributed by atoms with Crippen molar-refractivity contribution in [2.75, 3.05) is 58.5 Å². The Labute approximate surface area is 132 Å². The van der Waals surface area contributed by atoms with E-state index in [1.807, 2.05) is 14.1 Å². The molecule has 22 heavy (non-hydrogen) atoms. The summed E-state index contributed by atoms with van der Waals surface area (Å²) in [4.78, 5) is 18.0. The highest BCUT2D eigenvalue weighted by Crippen LogP contribution is 2.27. The molecule has 1 amide bonds. The molecule has 0 N–H and O–H groups in total. The molecule has 2 fully saturated rings. The van der Waals surface area contributed by atoms with Gasteiger partial charge in [0.2, 0.25) is 5.91 Å². The Morgan fingerprint density at radius 3 is 2.50 bits per heavy atom. The second-order valence-corrected chi connectivity index (χ2v) is 8.62. The number of carbonyl (C=O) groups excluding carboxylic acids is 1. The molecule has 0 aliphatic carbocycles. The van der Waals surface area contributed by atoms with Crippen molar-refractivity contribution in [1.29, 1.82) is 0 Å². The van der Waals surface area contributed by atoms with Crippen LogP contribution in [-0.4, -0.2) is 99.6 Å². The number of piperazine rings is 1. The Morgan fingerprint density at radius 2 is 1.86 bits per heavy atom. The summed E-state index contributed by atoms with van der Waals surface area (Å²) in [5.41, 5.74) is 0. The predicted molar refractivity (Wildman–Crippen MR) is 83.3 cm³/mol. The van der Waals surface area contributed by atoms with E-state index in [4.69, 9.17) is 0 Å². The van der Waals surface area contributed by atoms with Gasteiger partial charge in [-0.2, -0.15) is 0 Å². The van der Waals surface area contributed by atoms with Crippen LogP contribution in [0.15, 0.2) is 0 Å². The number of rotatable bonds is 6. The SMILES string of the molecule is CN(C)CC(=O)N1CCN(CCCCF)[C@@H]2CS(=O)(=O)C[C@@H]21. The molecule has 0 unspecified atom stereocenters. The maximum Gasteiger partial charge on any atom is 0.237 e. The van der Waals surface area contributed by atoms with Crippen molar-refractivity contribution in [2.24, 2.45) is 0 Å². The molecule has 0 aromatic rings. The molecule has 6 nitrogen and oxygen atoms in total. The molecule has 2 atom stereocenters. The van der Waals surface area contributed by atoms with Gasteiger partial charge in [-0.3, -0.25) is 14.1 Å². The van der Waals surface area contributed by atoms with Gasteiger partial charge in [0.25, 0.3) is 0 Å². The van der Waals surface area contributed by atoms with Gasteiger partial charge in [0, 0.05) is 19.1 Å². The lowest BCUT2D eigenvalue weighted by Crippen LogP contribution is -2.61. The fourth-order valence-electron chi connectivity index (χ4n) is 3.38. The van der Waals surface area contributed by atoms with Crippen molar-refractivity contribution in [2.45, 2.75) is 24.9 Å². The van der Waals surface area contributed by atoms with Crippen LogP contribution < -0.4 is 0 Å². The number of alkyl halides is 1. The minimum Gasteiger partial charge on any atom is -0.335 e. The van der Waals surface area contributed by atoms with Crippen LogP contribution in [0.25, 0.3) is 0 Å². The van der Waals surface area contributed by atoms with Crippen LogP contribution >= 0.6 is 0 Å². The van der Waals surface area contributed by atoms with Crippen LogP contribution in [-0.2, 0) is 14.6 Å². The van der Waals surface area contributed by atoms with E-state index in [0.29, 0.717) is 32.6 Å². The fraction of sp³-hybridized carbons (Fsp3) is 0.929. The van der Waals surface area contributed by atoms with E-state index in [1.54, 1.807) is 9.80 Å². The molecule has 2 aliphatic rings. The molecule has 2 aliphatic heterocycles. The van der Waals surface area contributed by atoms with Gasteiger partial charge < -0.3 is 9.80 Å². The molecule has 2 saturated heterocycles. The Balaban J connectivity index is 2.08. The quantitative estimate of drug-likeness (QED) is 0.619. The van der Waals surface area contributed by atoms with Gasteiger partial charge in [0.15, 0.2) is 9.84 Å². The van der Waals surface area contributed by atoms with Crippen molar-refractivity contribution in [1.82, 2.24) is 14.7 Å². The van der Waals surface area contributed by atoms with Crippen LogP contribution in [0, 0.1) is 0 Å². The molecule has 0 aromatic carbocycles. The lowest BCUT2D eigenvalue weighted by Gasteiger charge is -2.44. The van der Waals surface area contributed by atoms with E-state index in [0.717, 1.165) is 6.42 Å². The second kappa shape index (κ2) is 7.23. The average Bonchev–Trinajstić information content (AvgIpc) is 2.73. The summed E-state index contributed by atoms with van der Waals surface area (Å²) in [5, 5.41) is 0. The first kappa shape index (κ1) is 17.6. The maximum absolute atomic E-state index is 12.4. The summed E-state index contributed by atoms with van der Waals surface area (Å²) in [6.07, 6.45) is 1.23. The molecular formula is C14H26FN3O3S. The van der Waals surface area contributed by atoms with Crippen LogP contribution in [0.2, 0.25) is 0 Å². The molecule has 2 heterocycles. The minimum atomic E-state index is -3.11. The first-order chi connectivity index (χ1) is 10.3. The Kier molecular flexibility index (Phi) is 5.79. The number of sulfone groups is 1. The van der Waals surface area contributed by atoms with Gasteiger partial charge in [-0.1, -0.05) is 0 Å². The normalized spacial score (nSPS) is 28.1. The zero-order valence-electron chi connectivity index (χ0n) is 13.4. The molecule has 0 spiro atoms. The van der Waals surface area contributed by atoms with Gasteiger partial charge in [0.05, 0.1) is 30.8 Å². The number of likely N-dealkylation sites (N-methyl/N-ethyl adjacent to an activating group) is 1. The Bertz CT molecular complexity index is 498. The molecule has 8 heteroatoms.